The predicted octanol–water partition coefficient (Wildman–Crippen LogP) is 1.78. The first kappa shape index (κ1) is 20.7. The molecule has 1 aromatic heterocycles. The Morgan fingerprint density at radius 2 is 2.28 bits per heavy atom. The number of hydrogen-bond acceptors (Lipinski definition) is 5. The van der Waals surface area contributed by atoms with E-state index in [0.29, 0.717) is 13.0 Å². The molecule has 0 radical (unpaired) electrons. The van der Waals surface area contributed by atoms with E-state index < -0.39 is 6.04 Å². The van der Waals surface area contributed by atoms with Crippen LogP contribution in [0.1, 0.15) is 37.8 Å². The molecule has 0 bridgehead atoms. The fourth-order valence-corrected chi connectivity index (χ4v) is 3.56. The summed E-state index contributed by atoms with van der Waals surface area (Å²) in [6.45, 7) is 2.82. The minimum atomic E-state index is -0.479. The molecule has 0 saturated carbocycles. The van der Waals surface area contributed by atoms with Gasteiger partial charge in [0.1, 0.15) is 11.8 Å². The fraction of sp³-hybridized carbons (Fsp3) is 0.476. The lowest BCUT2D eigenvalue weighted by molar-refractivity contribution is -0.128. The third kappa shape index (κ3) is 5.28. The van der Waals surface area contributed by atoms with Crippen molar-refractivity contribution in [3.63, 3.8) is 0 Å². The zero-order chi connectivity index (χ0) is 20.8. The predicted molar refractivity (Wildman–Crippen MR) is 111 cm³/mol. The molecule has 2 amide bonds. The van der Waals surface area contributed by atoms with Gasteiger partial charge in [-0.3, -0.25) is 14.3 Å². The first-order chi connectivity index (χ1) is 14.0. The Bertz CT molecular complexity index is 850. The van der Waals surface area contributed by atoms with Crippen LogP contribution in [-0.2, 0) is 16.6 Å². The second-order valence-electron chi connectivity index (χ2n) is 7.36. The van der Waals surface area contributed by atoms with E-state index in [-0.39, 0.29) is 24.4 Å². The number of nitrogens with zero attached hydrogens (tertiary/aromatic N) is 3. The van der Waals surface area contributed by atoms with Crippen LogP contribution in [0.4, 0.5) is 5.69 Å². The fourth-order valence-electron chi connectivity index (χ4n) is 3.56. The van der Waals surface area contributed by atoms with Gasteiger partial charge in [0.2, 0.25) is 11.8 Å². The highest BCUT2D eigenvalue weighted by Gasteiger charge is 2.26. The average molecular weight is 399 g/mol. The van der Waals surface area contributed by atoms with E-state index in [1.165, 1.54) is 0 Å². The summed E-state index contributed by atoms with van der Waals surface area (Å²) < 4.78 is 7.05. The molecule has 1 aliphatic heterocycles. The summed E-state index contributed by atoms with van der Waals surface area (Å²) in [6.07, 6.45) is 6.13. The molecule has 2 aromatic rings. The lowest BCUT2D eigenvalue weighted by atomic mass is 10.1. The summed E-state index contributed by atoms with van der Waals surface area (Å²) in [4.78, 5) is 27.0. The normalized spacial score (nSPS) is 17.8. The number of rotatable bonds is 7. The second kappa shape index (κ2) is 9.45. The summed E-state index contributed by atoms with van der Waals surface area (Å²) in [5.41, 5.74) is 1.86. The van der Waals surface area contributed by atoms with Crippen LogP contribution in [0.25, 0.3) is 0 Å². The minimum absolute atomic E-state index is 0.0944. The van der Waals surface area contributed by atoms with Crippen molar-refractivity contribution in [1.82, 2.24) is 20.4 Å². The van der Waals surface area contributed by atoms with Crippen LogP contribution in [0.3, 0.4) is 0 Å². The Balaban J connectivity index is 1.78. The molecular formula is C21H29N5O3. The summed E-state index contributed by atoms with van der Waals surface area (Å²) >= 11 is 0. The number of hydrogen-bond donors (Lipinski definition) is 2. The van der Waals surface area contributed by atoms with Gasteiger partial charge in [-0.05, 0) is 43.9 Å². The van der Waals surface area contributed by atoms with Crippen molar-refractivity contribution in [2.75, 3.05) is 25.1 Å². The van der Waals surface area contributed by atoms with Gasteiger partial charge in [0.05, 0.1) is 31.6 Å². The zero-order valence-electron chi connectivity index (χ0n) is 17.2. The maximum absolute atomic E-state index is 12.8. The van der Waals surface area contributed by atoms with E-state index in [2.05, 4.69) is 15.7 Å². The Morgan fingerprint density at radius 3 is 3.00 bits per heavy atom. The third-order valence-corrected chi connectivity index (χ3v) is 5.25. The molecule has 2 unspecified atom stereocenters. The molecule has 2 atom stereocenters. The molecule has 1 aliphatic rings. The standard InChI is InChI=1S/C21H29N5O3/c1-15(16-7-6-8-18(11-16)29-3)26(17-12-23-25(2)13-17)14-20(27)24-19-9-4-5-10-22-21(19)28/h6-8,11-13,15,19H,4-5,9-10,14H2,1-3H3,(H,22,28)(H,24,27). The molecule has 1 saturated heterocycles. The molecule has 8 nitrogen and oxygen atoms in total. The van der Waals surface area contributed by atoms with Gasteiger partial charge in [-0.25, -0.2) is 0 Å². The van der Waals surface area contributed by atoms with Gasteiger partial charge in [-0.2, -0.15) is 5.10 Å². The summed E-state index contributed by atoms with van der Waals surface area (Å²) in [5.74, 6) is 0.468. The Kier molecular flexibility index (Phi) is 6.74. The highest BCUT2D eigenvalue weighted by Crippen LogP contribution is 2.28. The summed E-state index contributed by atoms with van der Waals surface area (Å²) in [7, 11) is 3.47. The summed E-state index contributed by atoms with van der Waals surface area (Å²) in [5, 5.41) is 10.0. The number of aryl methyl sites for hydroxylation is 1. The first-order valence-corrected chi connectivity index (χ1v) is 9.94. The van der Waals surface area contributed by atoms with Crippen LogP contribution in [0, 0.1) is 0 Å². The Hall–Kier alpha value is -3.03. The van der Waals surface area contributed by atoms with Crippen molar-refractivity contribution in [2.24, 2.45) is 7.05 Å². The molecule has 2 heterocycles. The van der Waals surface area contributed by atoms with Crippen molar-refractivity contribution in [3.05, 3.63) is 42.2 Å². The lowest BCUT2D eigenvalue weighted by Gasteiger charge is -2.30. The maximum Gasteiger partial charge on any atom is 0.242 e. The number of nitrogens with one attached hydrogen (secondary N) is 2. The van der Waals surface area contributed by atoms with Crippen molar-refractivity contribution >= 4 is 17.5 Å². The molecule has 2 N–H and O–H groups in total. The smallest absolute Gasteiger partial charge is 0.242 e. The summed E-state index contributed by atoms with van der Waals surface area (Å²) in [6, 6.07) is 7.22. The van der Waals surface area contributed by atoms with E-state index in [1.807, 2.05) is 49.3 Å². The van der Waals surface area contributed by atoms with Gasteiger partial charge in [-0.15, -0.1) is 0 Å². The van der Waals surface area contributed by atoms with Gasteiger partial charge in [0, 0.05) is 19.8 Å². The molecule has 156 valence electrons. The number of amides is 2. The van der Waals surface area contributed by atoms with Crippen molar-refractivity contribution in [2.45, 2.75) is 38.3 Å². The highest BCUT2D eigenvalue weighted by molar-refractivity contribution is 5.89. The molecular weight excluding hydrogens is 370 g/mol. The molecule has 3 rings (SSSR count). The quantitative estimate of drug-likeness (QED) is 0.741. The van der Waals surface area contributed by atoms with E-state index in [0.717, 1.165) is 29.8 Å². The van der Waals surface area contributed by atoms with E-state index in [1.54, 1.807) is 18.0 Å². The monoisotopic (exact) mass is 399 g/mol. The van der Waals surface area contributed by atoms with Crippen LogP contribution in [-0.4, -0.2) is 47.8 Å². The molecule has 8 heteroatoms. The number of benzene rings is 1. The zero-order valence-corrected chi connectivity index (χ0v) is 17.2. The van der Waals surface area contributed by atoms with Gasteiger partial charge in [0.25, 0.3) is 0 Å². The van der Waals surface area contributed by atoms with E-state index in [9.17, 15) is 9.59 Å². The van der Waals surface area contributed by atoms with E-state index in [4.69, 9.17) is 4.74 Å². The third-order valence-electron chi connectivity index (χ3n) is 5.25. The van der Waals surface area contributed by atoms with Gasteiger partial charge in [0.15, 0.2) is 0 Å². The van der Waals surface area contributed by atoms with Gasteiger partial charge in [-0.1, -0.05) is 12.1 Å². The van der Waals surface area contributed by atoms with E-state index >= 15 is 0 Å². The van der Waals surface area contributed by atoms with Crippen LogP contribution >= 0.6 is 0 Å². The lowest BCUT2D eigenvalue weighted by Crippen LogP contribution is -2.49. The molecule has 0 aliphatic carbocycles. The van der Waals surface area contributed by atoms with Gasteiger partial charge < -0.3 is 20.3 Å². The van der Waals surface area contributed by atoms with Crippen LogP contribution in [0.5, 0.6) is 5.75 Å². The minimum Gasteiger partial charge on any atom is -0.497 e. The Morgan fingerprint density at radius 1 is 1.45 bits per heavy atom. The molecule has 1 fully saturated rings. The topological polar surface area (TPSA) is 88.5 Å². The van der Waals surface area contributed by atoms with Crippen LogP contribution in [0.15, 0.2) is 36.7 Å². The van der Waals surface area contributed by atoms with Crippen molar-refractivity contribution in [3.8, 4) is 5.75 Å². The molecule has 0 spiro atoms. The number of carbonyl (C=O) groups excluding carboxylic acids is 2. The number of methoxy groups -OCH3 is 1. The number of ether oxygens (including phenoxy) is 1. The second-order valence-corrected chi connectivity index (χ2v) is 7.36. The number of aromatic nitrogens is 2. The SMILES string of the molecule is COc1cccc(C(C)N(CC(=O)NC2CCCCNC2=O)c2cnn(C)c2)c1. The van der Waals surface area contributed by atoms with Crippen molar-refractivity contribution in [1.29, 1.82) is 0 Å². The molecule has 29 heavy (non-hydrogen) atoms. The highest BCUT2D eigenvalue weighted by atomic mass is 16.5. The van der Waals surface area contributed by atoms with Gasteiger partial charge >= 0.3 is 0 Å². The van der Waals surface area contributed by atoms with Crippen LogP contribution < -0.4 is 20.3 Å². The Labute approximate surface area is 171 Å². The first-order valence-electron chi connectivity index (χ1n) is 9.94. The van der Waals surface area contributed by atoms with Crippen LogP contribution in [0.2, 0.25) is 0 Å². The number of carbonyl (C=O) groups is 2. The number of anilines is 1. The average Bonchev–Trinajstić information content (AvgIpc) is 3.05. The largest absolute Gasteiger partial charge is 0.497 e. The molecule has 1 aromatic carbocycles. The van der Waals surface area contributed by atoms with Crippen molar-refractivity contribution < 1.29 is 14.3 Å². The maximum atomic E-state index is 12.8.